The Bertz CT molecular complexity index is 1600. The van der Waals surface area contributed by atoms with Crippen molar-refractivity contribution < 1.29 is 14.7 Å². The smallest absolute Gasteiger partial charge is 0.262 e. The van der Waals surface area contributed by atoms with Gasteiger partial charge in [-0.1, -0.05) is 36.4 Å². The summed E-state index contributed by atoms with van der Waals surface area (Å²) in [5, 5.41) is 14.7. The highest BCUT2D eigenvalue weighted by Crippen LogP contribution is 2.38. The second-order valence-corrected chi connectivity index (χ2v) is 11.9. The molecule has 0 spiro atoms. The molecule has 10 nitrogen and oxygen atoms in total. The number of rotatable bonds is 7. The number of aliphatic hydroxyl groups is 1. The molecule has 2 aromatic heterocycles. The molecule has 0 atom stereocenters. The number of nitrogens with zero attached hydrogens (tertiary/aromatic N) is 5. The molecule has 1 saturated heterocycles. The third-order valence-corrected chi connectivity index (χ3v) is 9.05. The number of carbonyl (C=O) groups excluding carboxylic acids is 2. The zero-order valence-electron chi connectivity index (χ0n) is 23.2. The first-order valence-electron chi connectivity index (χ1n) is 13.3. The Morgan fingerprint density at radius 3 is 2.57 bits per heavy atom. The van der Waals surface area contributed by atoms with Crippen LogP contribution in [0.5, 0.6) is 0 Å². The summed E-state index contributed by atoms with van der Waals surface area (Å²) in [6.07, 6.45) is 10.2. The van der Waals surface area contributed by atoms with Crippen molar-refractivity contribution in [2.24, 2.45) is 11.1 Å². The maximum Gasteiger partial charge on any atom is 0.262 e. The fourth-order valence-electron chi connectivity index (χ4n) is 4.81. The lowest BCUT2D eigenvalue weighted by Gasteiger charge is -2.39. The average Bonchev–Trinajstić information content (AvgIpc) is 3.01. The van der Waals surface area contributed by atoms with Gasteiger partial charge >= 0.3 is 0 Å². The summed E-state index contributed by atoms with van der Waals surface area (Å²) in [5.41, 5.74) is 7.07. The van der Waals surface area contributed by atoms with Crippen LogP contribution in [-0.4, -0.2) is 63.5 Å². The van der Waals surface area contributed by atoms with Crippen LogP contribution in [-0.2, 0) is 9.59 Å². The normalized spacial score (nSPS) is 16.7. The predicted molar refractivity (Wildman–Crippen MR) is 164 cm³/mol. The molecule has 1 fully saturated rings. The van der Waals surface area contributed by atoms with Crippen molar-refractivity contribution in [1.29, 1.82) is 0 Å². The van der Waals surface area contributed by atoms with E-state index in [1.165, 1.54) is 16.7 Å². The van der Waals surface area contributed by atoms with Crippen LogP contribution >= 0.6 is 23.4 Å². The number of aromatic nitrogens is 3. The number of hydrogen-bond acceptors (Lipinski definition) is 10. The second-order valence-electron chi connectivity index (χ2n) is 10.5. The van der Waals surface area contributed by atoms with E-state index in [-0.39, 0.29) is 27.5 Å². The fourth-order valence-corrected chi connectivity index (χ4v) is 5.88. The summed E-state index contributed by atoms with van der Waals surface area (Å²) >= 11 is 8.01. The van der Waals surface area contributed by atoms with E-state index in [4.69, 9.17) is 17.3 Å². The van der Waals surface area contributed by atoms with Crippen molar-refractivity contribution in [2.75, 3.05) is 36.9 Å². The molecule has 4 N–H and O–H groups in total. The van der Waals surface area contributed by atoms with E-state index in [1.54, 1.807) is 68.2 Å². The van der Waals surface area contributed by atoms with E-state index < -0.39 is 5.91 Å². The van der Waals surface area contributed by atoms with Gasteiger partial charge in [0.15, 0.2) is 5.94 Å². The van der Waals surface area contributed by atoms with E-state index in [9.17, 15) is 14.7 Å². The Balaban J connectivity index is 1.33. The summed E-state index contributed by atoms with van der Waals surface area (Å²) < 4.78 is 0. The summed E-state index contributed by atoms with van der Waals surface area (Å²) in [6, 6.07) is 8.57. The Hall–Kier alpha value is -4.15. The van der Waals surface area contributed by atoms with E-state index in [0.29, 0.717) is 33.3 Å². The minimum Gasteiger partial charge on any atom is -0.506 e. The first-order valence-corrected chi connectivity index (χ1v) is 14.5. The number of likely N-dealkylation sites (N-methyl/N-ethyl adjacent to an activating group) is 1. The summed E-state index contributed by atoms with van der Waals surface area (Å²) in [7, 11) is 1.60. The van der Waals surface area contributed by atoms with Crippen molar-refractivity contribution in [1.82, 2.24) is 19.9 Å². The van der Waals surface area contributed by atoms with Gasteiger partial charge in [0.25, 0.3) is 5.91 Å². The molecule has 5 rings (SSSR count). The number of allylic oxidation sites excluding steroid dienone is 1. The molecule has 216 valence electrons. The summed E-state index contributed by atoms with van der Waals surface area (Å²) in [4.78, 5) is 42.7. The van der Waals surface area contributed by atoms with E-state index in [2.05, 4.69) is 32.1 Å². The first-order chi connectivity index (χ1) is 20.2. The molecule has 12 heteroatoms. The van der Waals surface area contributed by atoms with E-state index in [1.807, 2.05) is 6.07 Å². The molecule has 0 aliphatic carbocycles. The number of nitrogens with two attached hydrogens (primary N) is 1. The lowest BCUT2D eigenvalue weighted by molar-refractivity contribution is -0.112. The first kappa shape index (κ1) is 29.3. The number of halogens is 1. The van der Waals surface area contributed by atoms with Crippen molar-refractivity contribution >= 4 is 52.3 Å². The van der Waals surface area contributed by atoms with Crippen LogP contribution in [0.1, 0.15) is 25.3 Å². The molecule has 1 amide bonds. The van der Waals surface area contributed by atoms with Crippen LogP contribution in [0.3, 0.4) is 0 Å². The standard InChI is InChI=1S/C30H30ClN7O3S/c1-30(18-32)8-12-38(13-9-30)24-14-35-25(15-34-24)42-23-5-3-4-21(27(23)31)36-29(41)26-22(17-39)37(2)16-20(28(26)40)19-6-10-33-11-7-19/h3-7,10-11,14-16,40H,8-9,12-13,18,32H2,1-2H3,(H,36,41). The predicted octanol–water partition coefficient (Wildman–Crippen LogP) is 4.69. The van der Waals surface area contributed by atoms with Gasteiger partial charge in [-0.3, -0.25) is 9.78 Å². The zero-order chi connectivity index (χ0) is 29.9. The molecule has 2 aliphatic heterocycles. The highest BCUT2D eigenvalue weighted by Gasteiger charge is 2.31. The SMILES string of the molecule is CN1C=C(c2ccncc2)C(O)=C(C(=O)Nc2cccc(Sc3cnc(N4CCC(C)(CN)CC4)cn3)c2Cl)C1=C=O. The van der Waals surface area contributed by atoms with Gasteiger partial charge in [-0.2, -0.15) is 0 Å². The summed E-state index contributed by atoms with van der Waals surface area (Å²) in [6.45, 7) is 4.66. The lowest BCUT2D eigenvalue weighted by atomic mass is 9.80. The third kappa shape index (κ3) is 6.05. The quantitative estimate of drug-likeness (QED) is 0.326. The Morgan fingerprint density at radius 1 is 1.19 bits per heavy atom. The number of carbonyl (C=O) groups is 1. The number of hydrogen-bond donors (Lipinski definition) is 3. The van der Waals surface area contributed by atoms with Crippen LogP contribution in [0.4, 0.5) is 11.5 Å². The molecular weight excluding hydrogens is 574 g/mol. The molecule has 2 aliphatic rings. The average molecular weight is 604 g/mol. The van der Waals surface area contributed by atoms with Gasteiger partial charge in [-0.15, -0.1) is 0 Å². The largest absolute Gasteiger partial charge is 0.506 e. The molecule has 0 bridgehead atoms. The van der Waals surface area contributed by atoms with Gasteiger partial charge in [0, 0.05) is 49.2 Å². The molecule has 0 radical (unpaired) electrons. The van der Waals surface area contributed by atoms with Crippen LogP contribution in [0.2, 0.25) is 5.02 Å². The van der Waals surface area contributed by atoms with Crippen LogP contribution in [0.25, 0.3) is 5.57 Å². The van der Waals surface area contributed by atoms with E-state index >= 15 is 0 Å². The maximum atomic E-state index is 13.4. The fraction of sp³-hybridized carbons (Fsp3) is 0.267. The minimum absolute atomic E-state index is 0.110. The molecular formula is C30H30ClN7O3S. The van der Waals surface area contributed by atoms with Gasteiger partial charge < -0.3 is 26.0 Å². The third-order valence-electron chi connectivity index (χ3n) is 7.55. The van der Waals surface area contributed by atoms with Crippen molar-refractivity contribution in [3.05, 3.63) is 88.9 Å². The number of piperidine rings is 1. The minimum atomic E-state index is -0.710. The number of aliphatic hydroxyl groups excluding tert-OH is 1. The topological polar surface area (TPSA) is 138 Å². The van der Waals surface area contributed by atoms with Gasteiger partial charge in [0.1, 0.15) is 27.9 Å². The second kappa shape index (κ2) is 12.4. The highest BCUT2D eigenvalue weighted by atomic mass is 35.5. The number of nitrogens with one attached hydrogen (secondary N) is 1. The Labute approximate surface area is 253 Å². The van der Waals surface area contributed by atoms with Gasteiger partial charge in [0.2, 0.25) is 0 Å². The number of anilines is 2. The number of pyridine rings is 1. The summed E-state index contributed by atoms with van der Waals surface area (Å²) in [5.74, 6) is 1.51. The van der Waals surface area contributed by atoms with Crippen molar-refractivity contribution in [2.45, 2.75) is 29.7 Å². The van der Waals surface area contributed by atoms with E-state index in [0.717, 1.165) is 31.7 Å². The number of benzene rings is 1. The molecule has 0 saturated carbocycles. The van der Waals surface area contributed by atoms with Crippen molar-refractivity contribution in [3.8, 4) is 0 Å². The van der Waals surface area contributed by atoms with Crippen molar-refractivity contribution in [3.63, 3.8) is 0 Å². The zero-order valence-corrected chi connectivity index (χ0v) is 24.7. The van der Waals surface area contributed by atoms with Crippen LogP contribution in [0.15, 0.2) is 88.3 Å². The van der Waals surface area contributed by atoms with Crippen LogP contribution < -0.4 is 16.0 Å². The highest BCUT2D eigenvalue weighted by molar-refractivity contribution is 7.99. The van der Waals surface area contributed by atoms with Gasteiger partial charge in [0.05, 0.1) is 23.1 Å². The number of amides is 1. The molecule has 3 aromatic rings. The van der Waals surface area contributed by atoms with Crippen LogP contribution in [0, 0.1) is 5.41 Å². The molecule has 42 heavy (non-hydrogen) atoms. The Morgan fingerprint density at radius 2 is 1.93 bits per heavy atom. The lowest BCUT2D eigenvalue weighted by Crippen LogP contribution is -2.42. The molecule has 4 heterocycles. The van der Waals surface area contributed by atoms with Gasteiger partial charge in [-0.05, 0) is 54.6 Å². The molecule has 0 unspecified atom stereocenters. The maximum absolute atomic E-state index is 13.4. The Kier molecular flexibility index (Phi) is 8.65. The van der Waals surface area contributed by atoms with Gasteiger partial charge in [-0.25, -0.2) is 14.8 Å². The monoisotopic (exact) mass is 603 g/mol. The molecule has 1 aromatic carbocycles.